The number of nitro benzene ring substituents is 1. The van der Waals surface area contributed by atoms with Gasteiger partial charge >= 0.3 is 0 Å². The molecule has 0 radical (unpaired) electrons. The predicted octanol–water partition coefficient (Wildman–Crippen LogP) is 2.39. The highest BCUT2D eigenvalue weighted by molar-refractivity contribution is 5.82. The summed E-state index contributed by atoms with van der Waals surface area (Å²) in [7, 11) is 0. The SMILES string of the molecule is O=c1nc2n(c3ccc([N+](=O)[O-])cc13)CCCCC2=CO. The lowest BCUT2D eigenvalue weighted by molar-refractivity contribution is -0.384. The molecule has 2 aromatic rings. The lowest BCUT2D eigenvalue weighted by Gasteiger charge is -2.13. The van der Waals surface area contributed by atoms with E-state index < -0.39 is 10.5 Å². The number of hydrogen-bond acceptors (Lipinski definition) is 5. The van der Waals surface area contributed by atoms with Crippen molar-refractivity contribution in [2.75, 3.05) is 0 Å². The van der Waals surface area contributed by atoms with Crippen LogP contribution in [0, 0.1) is 10.1 Å². The van der Waals surface area contributed by atoms with Crippen LogP contribution >= 0.6 is 0 Å². The summed E-state index contributed by atoms with van der Waals surface area (Å²) in [4.78, 5) is 26.5. The number of nitrogens with zero attached hydrogens (tertiary/aromatic N) is 3. The zero-order valence-electron chi connectivity index (χ0n) is 11.2. The summed E-state index contributed by atoms with van der Waals surface area (Å²) < 4.78 is 1.84. The Morgan fingerprint density at radius 3 is 2.90 bits per heavy atom. The number of fused-ring (bicyclic) bond motifs is 3. The highest BCUT2D eigenvalue weighted by Crippen LogP contribution is 2.27. The van der Waals surface area contributed by atoms with Crippen molar-refractivity contribution in [2.24, 2.45) is 0 Å². The Labute approximate surface area is 119 Å². The number of aryl methyl sites for hydroxylation is 1. The number of aliphatic hydroxyl groups excluding tert-OH is 1. The van der Waals surface area contributed by atoms with Crippen LogP contribution in [0.5, 0.6) is 0 Å². The van der Waals surface area contributed by atoms with Gasteiger partial charge in [0.05, 0.1) is 22.1 Å². The second-order valence-electron chi connectivity index (χ2n) is 4.96. The molecular formula is C14H13N3O4. The maximum Gasteiger partial charge on any atom is 0.281 e. The van der Waals surface area contributed by atoms with E-state index in [1.807, 2.05) is 4.57 Å². The molecule has 1 aliphatic heterocycles. The summed E-state index contributed by atoms with van der Waals surface area (Å²) in [6.45, 7) is 0.661. The lowest BCUT2D eigenvalue weighted by Crippen LogP contribution is -2.18. The highest BCUT2D eigenvalue weighted by atomic mass is 16.6. The van der Waals surface area contributed by atoms with Crippen LogP contribution in [0.3, 0.4) is 0 Å². The Morgan fingerprint density at radius 2 is 2.19 bits per heavy atom. The summed E-state index contributed by atoms with van der Waals surface area (Å²) in [5.74, 6) is 0.446. The van der Waals surface area contributed by atoms with Crippen LogP contribution in [0.15, 0.2) is 29.3 Å². The Hall–Kier alpha value is -2.70. The highest BCUT2D eigenvalue weighted by Gasteiger charge is 2.19. The van der Waals surface area contributed by atoms with Gasteiger partial charge in [0.15, 0.2) is 0 Å². The van der Waals surface area contributed by atoms with Gasteiger partial charge in [0.2, 0.25) is 0 Å². The fraction of sp³-hybridized carbons (Fsp3) is 0.286. The molecule has 1 aromatic carbocycles. The molecule has 7 nitrogen and oxygen atoms in total. The molecule has 0 fully saturated rings. The number of aliphatic hydroxyl groups is 1. The first-order valence-corrected chi connectivity index (χ1v) is 6.64. The van der Waals surface area contributed by atoms with E-state index in [2.05, 4.69) is 4.98 Å². The molecule has 1 N–H and O–H groups in total. The van der Waals surface area contributed by atoms with Gasteiger partial charge in [-0.15, -0.1) is 0 Å². The summed E-state index contributed by atoms with van der Waals surface area (Å²) >= 11 is 0. The molecule has 3 rings (SSSR count). The molecule has 108 valence electrons. The number of hydrogen-bond donors (Lipinski definition) is 1. The van der Waals surface area contributed by atoms with E-state index in [-0.39, 0.29) is 11.1 Å². The van der Waals surface area contributed by atoms with Crippen molar-refractivity contribution in [3.05, 3.63) is 50.8 Å². The summed E-state index contributed by atoms with van der Waals surface area (Å²) in [5, 5.41) is 20.4. The summed E-state index contributed by atoms with van der Waals surface area (Å²) in [6.07, 6.45) is 3.42. The van der Waals surface area contributed by atoms with E-state index in [9.17, 15) is 20.0 Å². The molecule has 21 heavy (non-hydrogen) atoms. The van der Waals surface area contributed by atoms with E-state index in [1.54, 1.807) is 6.07 Å². The molecule has 0 atom stereocenters. The van der Waals surface area contributed by atoms with Gasteiger partial charge in [-0.2, -0.15) is 4.98 Å². The summed E-state index contributed by atoms with van der Waals surface area (Å²) in [5.41, 5.74) is 0.580. The van der Waals surface area contributed by atoms with E-state index in [0.717, 1.165) is 19.1 Å². The molecule has 0 amide bonds. The second-order valence-corrected chi connectivity index (χ2v) is 4.96. The van der Waals surface area contributed by atoms with Crippen LogP contribution in [-0.2, 0) is 6.54 Å². The van der Waals surface area contributed by atoms with E-state index in [4.69, 9.17) is 0 Å². The van der Waals surface area contributed by atoms with Crippen LogP contribution in [0.2, 0.25) is 0 Å². The standard InChI is InChI=1S/C14H13N3O4/c18-8-9-3-1-2-6-16-12-5-4-10(17(20)21)7-11(12)14(19)15-13(9)16/h4-5,7-8,18H,1-3,6H2. The molecule has 0 unspecified atom stereocenters. The normalized spacial score (nSPS) is 16.7. The van der Waals surface area contributed by atoms with Gasteiger partial charge in [-0.3, -0.25) is 14.9 Å². The van der Waals surface area contributed by atoms with Crippen molar-refractivity contribution in [3.63, 3.8) is 0 Å². The number of rotatable bonds is 1. The zero-order chi connectivity index (χ0) is 15.0. The van der Waals surface area contributed by atoms with Gasteiger partial charge in [-0.05, 0) is 25.3 Å². The van der Waals surface area contributed by atoms with Crippen LogP contribution in [0.25, 0.3) is 16.5 Å². The van der Waals surface area contributed by atoms with Gasteiger partial charge in [0.1, 0.15) is 5.82 Å². The fourth-order valence-electron chi connectivity index (χ4n) is 2.67. The fourth-order valence-corrected chi connectivity index (χ4v) is 2.67. The third kappa shape index (κ3) is 2.16. The maximum absolute atomic E-state index is 12.1. The van der Waals surface area contributed by atoms with Crippen molar-refractivity contribution in [2.45, 2.75) is 25.8 Å². The maximum atomic E-state index is 12.1. The zero-order valence-corrected chi connectivity index (χ0v) is 11.2. The molecule has 0 bridgehead atoms. The molecule has 0 saturated heterocycles. The monoisotopic (exact) mass is 287 g/mol. The molecule has 7 heteroatoms. The van der Waals surface area contributed by atoms with Crippen LogP contribution in [0.1, 0.15) is 25.1 Å². The lowest BCUT2D eigenvalue weighted by atomic mass is 10.1. The van der Waals surface area contributed by atoms with Crippen LogP contribution in [0.4, 0.5) is 5.69 Å². The number of nitro groups is 1. The van der Waals surface area contributed by atoms with Crippen molar-refractivity contribution in [3.8, 4) is 0 Å². The largest absolute Gasteiger partial charge is 0.515 e. The first-order chi connectivity index (χ1) is 10.1. The van der Waals surface area contributed by atoms with Gasteiger partial charge < -0.3 is 9.67 Å². The quantitative estimate of drug-likeness (QED) is 0.493. The molecule has 2 heterocycles. The minimum absolute atomic E-state index is 0.131. The van der Waals surface area contributed by atoms with Crippen molar-refractivity contribution in [1.82, 2.24) is 9.55 Å². The first-order valence-electron chi connectivity index (χ1n) is 6.64. The second kappa shape index (κ2) is 5.01. The average molecular weight is 287 g/mol. The van der Waals surface area contributed by atoms with Crippen molar-refractivity contribution >= 4 is 22.2 Å². The summed E-state index contributed by atoms with van der Waals surface area (Å²) in [6, 6.07) is 4.20. The van der Waals surface area contributed by atoms with E-state index >= 15 is 0 Å². The Morgan fingerprint density at radius 1 is 1.38 bits per heavy atom. The Balaban J connectivity index is 2.36. The third-order valence-corrected chi connectivity index (χ3v) is 3.70. The number of benzene rings is 1. The van der Waals surface area contributed by atoms with Gasteiger partial charge in [0.25, 0.3) is 11.2 Å². The molecule has 0 aliphatic carbocycles. The minimum atomic E-state index is -0.533. The van der Waals surface area contributed by atoms with Gasteiger partial charge in [-0.25, -0.2) is 0 Å². The van der Waals surface area contributed by atoms with E-state index in [1.165, 1.54) is 12.1 Å². The number of non-ortho nitro benzene ring substituents is 1. The van der Waals surface area contributed by atoms with E-state index in [0.29, 0.717) is 29.9 Å². The number of aromatic nitrogens is 2. The average Bonchev–Trinajstić information content (AvgIpc) is 2.69. The van der Waals surface area contributed by atoms with Crippen molar-refractivity contribution in [1.29, 1.82) is 0 Å². The Kier molecular flexibility index (Phi) is 3.17. The molecule has 0 spiro atoms. The third-order valence-electron chi connectivity index (χ3n) is 3.70. The molecule has 1 aromatic heterocycles. The topological polar surface area (TPSA) is 98.3 Å². The smallest absolute Gasteiger partial charge is 0.281 e. The molecular weight excluding hydrogens is 274 g/mol. The number of allylic oxidation sites excluding steroid dienone is 1. The molecule has 1 aliphatic rings. The van der Waals surface area contributed by atoms with Crippen molar-refractivity contribution < 1.29 is 10.0 Å². The predicted molar refractivity (Wildman–Crippen MR) is 77.1 cm³/mol. The Bertz CT molecular complexity index is 823. The first kappa shape index (κ1) is 13.3. The minimum Gasteiger partial charge on any atom is -0.515 e. The van der Waals surface area contributed by atoms with Crippen LogP contribution in [-0.4, -0.2) is 19.6 Å². The molecule has 0 saturated carbocycles. The van der Waals surface area contributed by atoms with Gasteiger partial charge in [-0.1, -0.05) is 0 Å². The van der Waals surface area contributed by atoms with Crippen LogP contribution < -0.4 is 5.56 Å². The van der Waals surface area contributed by atoms with Gasteiger partial charge in [0, 0.05) is 24.3 Å².